The number of aromatic nitrogens is 5. The normalized spacial score (nSPS) is 17.7. The van der Waals surface area contributed by atoms with Crippen molar-refractivity contribution in [3.8, 4) is 22.6 Å². The summed E-state index contributed by atoms with van der Waals surface area (Å²) in [6, 6.07) is 19.6. The lowest BCUT2D eigenvalue weighted by Gasteiger charge is -2.36. The number of anilines is 2. The van der Waals surface area contributed by atoms with Crippen LogP contribution in [-0.4, -0.2) is 56.8 Å². The summed E-state index contributed by atoms with van der Waals surface area (Å²) < 4.78 is 5.92. The second-order valence-corrected chi connectivity index (χ2v) is 9.27. The summed E-state index contributed by atoms with van der Waals surface area (Å²) in [6.45, 7) is 7.58. The van der Waals surface area contributed by atoms with E-state index in [0.29, 0.717) is 31.0 Å². The van der Waals surface area contributed by atoms with Crippen LogP contribution >= 0.6 is 0 Å². The number of carbonyl (C=O) groups excluding carboxylic acids is 1. The first-order valence-corrected chi connectivity index (χ1v) is 12.1. The van der Waals surface area contributed by atoms with Gasteiger partial charge in [-0.05, 0) is 42.8 Å². The summed E-state index contributed by atoms with van der Waals surface area (Å²) in [5.74, 6) is 1.25. The van der Waals surface area contributed by atoms with Crippen LogP contribution in [0.2, 0.25) is 0 Å². The molecule has 9 heteroatoms. The topological polar surface area (TPSA) is 109 Å². The number of hydrogen-bond acceptors (Lipinski definition) is 7. The fraction of sp³-hybridized carbons (Fsp3) is 0.296. The molecular weight excluding hydrogens is 454 g/mol. The molecule has 0 bridgehead atoms. The standard InChI is InChI=1S/C27H29N7O2/c1-17-8-10-20(11-9-17)12-26(35)28-21-13-24(22-6-4-5-7-23(22)27-30-32-33-31-27)29-25(14-21)34-15-18(2)36-19(3)16-34/h4-11,13-14,18-19H,12,15-16H2,1-3H3,(H,28,29,35)(H,30,31,32,33). The van der Waals surface area contributed by atoms with Crippen molar-refractivity contribution in [2.75, 3.05) is 23.3 Å². The molecule has 9 nitrogen and oxygen atoms in total. The Bertz CT molecular complexity index is 1330. The zero-order chi connectivity index (χ0) is 25.1. The lowest BCUT2D eigenvalue weighted by Crippen LogP contribution is -2.45. The van der Waals surface area contributed by atoms with E-state index in [2.05, 4.69) is 44.7 Å². The second kappa shape index (κ2) is 10.2. The van der Waals surface area contributed by atoms with Crippen molar-refractivity contribution in [1.29, 1.82) is 0 Å². The molecule has 1 saturated heterocycles. The highest BCUT2D eigenvalue weighted by Gasteiger charge is 2.24. The van der Waals surface area contributed by atoms with Gasteiger partial charge in [-0.2, -0.15) is 0 Å². The van der Waals surface area contributed by atoms with Crippen molar-refractivity contribution in [3.63, 3.8) is 0 Å². The maximum Gasteiger partial charge on any atom is 0.228 e. The molecule has 0 spiro atoms. The summed E-state index contributed by atoms with van der Waals surface area (Å²) in [7, 11) is 0. The van der Waals surface area contributed by atoms with Gasteiger partial charge in [0.1, 0.15) is 5.82 Å². The minimum Gasteiger partial charge on any atom is -0.372 e. The molecule has 0 saturated carbocycles. The van der Waals surface area contributed by atoms with Crippen LogP contribution in [-0.2, 0) is 16.0 Å². The first kappa shape index (κ1) is 23.6. The number of aromatic amines is 1. The highest BCUT2D eigenvalue weighted by molar-refractivity contribution is 5.93. The Morgan fingerprint density at radius 1 is 1.06 bits per heavy atom. The van der Waals surface area contributed by atoms with Crippen LogP contribution in [0, 0.1) is 6.92 Å². The van der Waals surface area contributed by atoms with E-state index in [1.165, 1.54) is 0 Å². The van der Waals surface area contributed by atoms with Crippen LogP contribution in [0.4, 0.5) is 11.5 Å². The monoisotopic (exact) mass is 483 g/mol. The van der Waals surface area contributed by atoms with E-state index in [-0.39, 0.29) is 18.1 Å². The summed E-state index contributed by atoms with van der Waals surface area (Å²) in [5, 5.41) is 17.5. The number of hydrogen-bond donors (Lipinski definition) is 2. The summed E-state index contributed by atoms with van der Waals surface area (Å²) in [4.78, 5) is 20.2. The van der Waals surface area contributed by atoms with Gasteiger partial charge in [0, 0.05) is 36.0 Å². The minimum absolute atomic E-state index is 0.0753. The Kier molecular flexibility index (Phi) is 6.73. The Balaban J connectivity index is 1.51. The van der Waals surface area contributed by atoms with Gasteiger partial charge in [-0.1, -0.05) is 54.1 Å². The van der Waals surface area contributed by atoms with E-state index in [1.54, 1.807) is 0 Å². The third-order valence-electron chi connectivity index (χ3n) is 6.13. The molecule has 0 aliphatic carbocycles. The van der Waals surface area contributed by atoms with E-state index >= 15 is 0 Å². The summed E-state index contributed by atoms with van der Waals surface area (Å²) >= 11 is 0. The zero-order valence-corrected chi connectivity index (χ0v) is 20.6. The van der Waals surface area contributed by atoms with Gasteiger partial charge in [-0.3, -0.25) is 4.79 Å². The summed E-state index contributed by atoms with van der Waals surface area (Å²) in [5.41, 5.74) is 5.22. The molecule has 2 aromatic carbocycles. The van der Waals surface area contributed by atoms with Crippen molar-refractivity contribution in [2.24, 2.45) is 0 Å². The zero-order valence-electron chi connectivity index (χ0n) is 20.6. The van der Waals surface area contributed by atoms with E-state index in [0.717, 1.165) is 33.8 Å². The first-order chi connectivity index (χ1) is 17.4. The Hall–Kier alpha value is -4.11. The second-order valence-electron chi connectivity index (χ2n) is 9.27. The molecule has 1 aliphatic rings. The lowest BCUT2D eigenvalue weighted by molar-refractivity contribution is -0.115. The van der Waals surface area contributed by atoms with Crippen molar-refractivity contribution in [2.45, 2.75) is 39.4 Å². The molecule has 1 fully saturated rings. The number of amides is 1. The number of benzene rings is 2. The molecule has 5 rings (SSSR count). The van der Waals surface area contributed by atoms with Crippen LogP contribution < -0.4 is 10.2 Å². The SMILES string of the molecule is Cc1ccc(CC(=O)Nc2cc(-c3ccccc3-c3nnn[nH]3)nc(N3CC(C)OC(C)C3)c2)cc1. The Labute approximate surface area is 209 Å². The average Bonchev–Trinajstić information content (AvgIpc) is 3.40. The van der Waals surface area contributed by atoms with Gasteiger partial charge in [0.2, 0.25) is 5.91 Å². The quantitative estimate of drug-likeness (QED) is 0.426. The van der Waals surface area contributed by atoms with Crippen molar-refractivity contribution >= 4 is 17.4 Å². The number of carbonyl (C=O) groups is 1. The number of H-pyrrole nitrogens is 1. The van der Waals surface area contributed by atoms with Crippen LogP contribution in [0.3, 0.4) is 0 Å². The van der Waals surface area contributed by atoms with Gasteiger partial charge >= 0.3 is 0 Å². The van der Waals surface area contributed by atoms with Crippen molar-refractivity contribution in [1.82, 2.24) is 25.6 Å². The number of nitrogens with zero attached hydrogens (tertiary/aromatic N) is 5. The maximum absolute atomic E-state index is 13.0. The molecule has 4 aromatic rings. The fourth-order valence-electron chi connectivity index (χ4n) is 4.54. The number of nitrogens with one attached hydrogen (secondary N) is 2. The molecule has 184 valence electrons. The van der Waals surface area contributed by atoms with Crippen LogP contribution in [0.25, 0.3) is 22.6 Å². The third kappa shape index (κ3) is 5.41. The largest absolute Gasteiger partial charge is 0.372 e. The highest BCUT2D eigenvalue weighted by Crippen LogP contribution is 2.33. The summed E-state index contributed by atoms with van der Waals surface area (Å²) in [6.07, 6.45) is 0.442. The van der Waals surface area contributed by atoms with E-state index in [4.69, 9.17) is 9.72 Å². The fourth-order valence-corrected chi connectivity index (χ4v) is 4.54. The molecule has 2 N–H and O–H groups in total. The van der Waals surface area contributed by atoms with E-state index in [9.17, 15) is 4.79 Å². The van der Waals surface area contributed by atoms with Crippen LogP contribution in [0.1, 0.15) is 25.0 Å². The number of rotatable bonds is 6. The first-order valence-electron chi connectivity index (χ1n) is 12.1. The predicted molar refractivity (Wildman–Crippen MR) is 139 cm³/mol. The molecule has 36 heavy (non-hydrogen) atoms. The third-order valence-corrected chi connectivity index (χ3v) is 6.13. The Morgan fingerprint density at radius 2 is 1.78 bits per heavy atom. The molecule has 2 aromatic heterocycles. The highest BCUT2D eigenvalue weighted by atomic mass is 16.5. The minimum atomic E-state index is -0.0848. The maximum atomic E-state index is 13.0. The molecule has 0 radical (unpaired) electrons. The van der Waals surface area contributed by atoms with Gasteiger partial charge in [0.05, 0.1) is 24.3 Å². The number of morpholine rings is 1. The van der Waals surface area contributed by atoms with Gasteiger partial charge in [0.15, 0.2) is 5.82 Å². The molecule has 1 aliphatic heterocycles. The van der Waals surface area contributed by atoms with Gasteiger partial charge in [-0.25, -0.2) is 10.1 Å². The van der Waals surface area contributed by atoms with Crippen LogP contribution in [0.15, 0.2) is 60.7 Å². The number of tetrazole rings is 1. The molecule has 3 heterocycles. The number of aryl methyl sites for hydroxylation is 1. The van der Waals surface area contributed by atoms with Gasteiger partial charge in [-0.15, -0.1) is 5.10 Å². The average molecular weight is 484 g/mol. The van der Waals surface area contributed by atoms with Gasteiger partial charge < -0.3 is 15.0 Å². The number of pyridine rings is 1. The van der Waals surface area contributed by atoms with E-state index < -0.39 is 0 Å². The molecular formula is C27H29N7O2. The van der Waals surface area contributed by atoms with E-state index in [1.807, 2.05) is 67.6 Å². The van der Waals surface area contributed by atoms with Crippen molar-refractivity contribution < 1.29 is 9.53 Å². The number of ether oxygens (including phenoxy) is 1. The smallest absolute Gasteiger partial charge is 0.228 e. The van der Waals surface area contributed by atoms with Crippen molar-refractivity contribution in [3.05, 3.63) is 71.8 Å². The lowest BCUT2D eigenvalue weighted by atomic mass is 10.0. The predicted octanol–water partition coefficient (Wildman–Crippen LogP) is 4.03. The van der Waals surface area contributed by atoms with Crippen LogP contribution in [0.5, 0.6) is 0 Å². The molecule has 1 amide bonds. The Morgan fingerprint density at radius 3 is 2.47 bits per heavy atom. The molecule has 2 atom stereocenters. The molecule has 2 unspecified atom stereocenters. The van der Waals surface area contributed by atoms with Gasteiger partial charge in [0.25, 0.3) is 0 Å².